The Balaban J connectivity index is 2.23. The molecule has 1 amide bonds. The average Bonchev–Trinajstić information content (AvgIpc) is 2.89. The number of aliphatic carboxylic acids is 1. The largest absolute Gasteiger partial charge is 0.573 e. The lowest BCUT2D eigenvalue weighted by molar-refractivity contribution is -0.274. The Morgan fingerprint density at radius 2 is 1.85 bits per heavy atom. The smallest absolute Gasteiger partial charge is 0.481 e. The predicted octanol–water partition coefficient (Wildman–Crippen LogP) is 3.62. The van der Waals surface area contributed by atoms with Crippen molar-refractivity contribution in [3.05, 3.63) is 29.8 Å². The molecule has 1 fully saturated rings. The van der Waals surface area contributed by atoms with E-state index in [1.54, 1.807) is 20.8 Å². The van der Waals surface area contributed by atoms with Gasteiger partial charge in [0.15, 0.2) is 0 Å². The highest BCUT2D eigenvalue weighted by Crippen LogP contribution is 2.36. The summed E-state index contributed by atoms with van der Waals surface area (Å²) in [6.07, 6.45) is -5.50. The maximum Gasteiger partial charge on any atom is 0.573 e. The third kappa shape index (κ3) is 5.27. The molecular weight excluding hydrogens is 355 g/mol. The van der Waals surface area contributed by atoms with Crippen LogP contribution in [0.2, 0.25) is 0 Å². The first kappa shape index (κ1) is 19.9. The number of halogens is 3. The molecule has 0 aliphatic carbocycles. The molecule has 2 rings (SSSR count). The molecule has 1 aromatic rings. The quantitative estimate of drug-likeness (QED) is 0.873. The summed E-state index contributed by atoms with van der Waals surface area (Å²) in [5.74, 6) is -3.20. The molecular formula is C17H20F3NO5. The van der Waals surface area contributed by atoms with Gasteiger partial charge in [0.1, 0.15) is 11.4 Å². The number of ether oxygens (including phenoxy) is 2. The van der Waals surface area contributed by atoms with Crippen molar-refractivity contribution in [2.75, 3.05) is 13.1 Å². The van der Waals surface area contributed by atoms with Crippen LogP contribution in [-0.4, -0.2) is 47.1 Å². The highest BCUT2D eigenvalue weighted by atomic mass is 19.4. The van der Waals surface area contributed by atoms with E-state index in [1.165, 1.54) is 17.0 Å². The van der Waals surface area contributed by atoms with Gasteiger partial charge in [0.25, 0.3) is 0 Å². The predicted molar refractivity (Wildman–Crippen MR) is 84.8 cm³/mol. The van der Waals surface area contributed by atoms with E-state index in [1.807, 2.05) is 0 Å². The molecule has 26 heavy (non-hydrogen) atoms. The van der Waals surface area contributed by atoms with Gasteiger partial charge in [-0.05, 0) is 38.5 Å². The van der Waals surface area contributed by atoms with Gasteiger partial charge < -0.3 is 19.5 Å². The van der Waals surface area contributed by atoms with Crippen molar-refractivity contribution in [1.82, 2.24) is 4.90 Å². The maximum absolute atomic E-state index is 12.4. The topological polar surface area (TPSA) is 76.1 Å². The van der Waals surface area contributed by atoms with E-state index >= 15 is 0 Å². The van der Waals surface area contributed by atoms with Crippen LogP contribution in [0.15, 0.2) is 24.3 Å². The molecule has 6 nitrogen and oxygen atoms in total. The Bertz CT molecular complexity index is 684. The number of carboxylic acid groups (broad SMARTS) is 1. The van der Waals surface area contributed by atoms with E-state index in [4.69, 9.17) is 4.74 Å². The highest BCUT2D eigenvalue weighted by Gasteiger charge is 2.42. The standard InChI is InChI=1S/C17H20F3NO5/c1-16(2,3)26-15(24)21-8-12(13(9-21)14(22)23)10-5-4-6-11(7-10)25-17(18,19)20/h4-7,12-13H,8-9H2,1-3H3,(H,22,23). The molecule has 2 atom stereocenters. The number of alkyl halides is 3. The Labute approximate surface area is 148 Å². The number of carboxylic acids is 1. The number of carbonyl (C=O) groups is 2. The molecule has 144 valence electrons. The SMILES string of the molecule is CC(C)(C)OC(=O)N1CC(C(=O)O)C(c2cccc(OC(F)(F)F)c2)C1. The summed E-state index contributed by atoms with van der Waals surface area (Å²) in [5.41, 5.74) is -0.390. The Hall–Kier alpha value is -2.45. The summed E-state index contributed by atoms with van der Waals surface area (Å²) in [7, 11) is 0. The van der Waals surface area contributed by atoms with Gasteiger partial charge in [-0.3, -0.25) is 4.79 Å². The molecule has 0 aromatic heterocycles. The summed E-state index contributed by atoms with van der Waals surface area (Å²) >= 11 is 0. The first-order chi connectivity index (χ1) is 11.9. The minimum Gasteiger partial charge on any atom is -0.481 e. The fourth-order valence-electron chi connectivity index (χ4n) is 2.81. The number of rotatable bonds is 3. The Morgan fingerprint density at radius 1 is 1.19 bits per heavy atom. The summed E-state index contributed by atoms with van der Waals surface area (Å²) in [6, 6.07) is 5.15. The van der Waals surface area contributed by atoms with Gasteiger partial charge in [-0.1, -0.05) is 12.1 Å². The van der Waals surface area contributed by atoms with E-state index in [0.29, 0.717) is 5.56 Å². The number of benzene rings is 1. The lowest BCUT2D eigenvalue weighted by atomic mass is 9.89. The molecule has 1 aromatic carbocycles. The molecule has 0 saturated carbocycles. The zero-order valence-electron chi connectivity index (χ0n) is 14.5. The third-order valence-electron chi connectivity index (χ3n) is 3.81. The third-order valence-corrected chi connectivity index (χ3v) is 3.81. The molecule has 2 unspecified atom stereocenters. The second kappa shape index (κ2) is 7.05. The van der Waals surface area contributed by atoms with Crippen molar-refractivity contribution in [1.29, 1.82) is 0 Å². The molecule has 1 saturated heterocycles. The second-order valence-corrected chi connectivity index (χ2v) is 7.06. The fourth-order valence-corrected chi connectivity index (χ4v) is 2.81. The summed E-state index contributed by atoms with van der Waals surface area (Å²) < 4.78 is 46.3. The van der Waals surface area contributed by atoms with Crippen molar-refractivity contribution in [3.63, 3.8) is 0 Å². The minimum atomic E-state index is -4.84. The first-order valence-corrected chi connectivity index (χ1v) is 7.92. The van der Waals surface area contributed by atoms with Crippen LogP contribution in [0.5, 0.6) is 5.75 Å². The van der Waals surface area contributed by atoms with Crippen molar-refractivity contribution >= 4 is 12.1 Å². The van der Waals surface area contributed by atoms with Crippen LogP contribution >= 0.6 is 0 Å². The van der Waals surface area contributed by atoms with Crippen LogP contribution < -0.4 is 4.74 Å². The first-order valence-electron chi connectivity index (χ1n) is 7.92. The number of hydrogen-bond donors (Lipinski definition) is 1. The van der Waals surface area contributed by atoms with E-state index in [2.05, 4.69) is 4.74 Å². The van der Waals surface area contributed by atoms with E-state index in [0.717, 1.165) is 12.1 Å². The van der Waals surface area contributed by atoms with Gasteiger partial charge in [-0.2, -0.15) is 0 Å². The summed E-state index contributed by atoms with van der Waals surface area (Å²) in [4.78, 5) is 25.0. The zero-order chi connectivity index (χ0) is 19.7. The molecule has 0 spiro atoms. The second-order valence-electron chi connectivity index (χ2n) is 7.06. The fraction of sp³-hybridized carbons (Fsp3) is 0.529. The Kier molecular flexibility index (Phi) is 5.39. The van der Waals surface area contributed by atoms with Crippen LogP contribution in [0.3, 0.4) is 0 Å². The van der Waals surface area contributed by atoms with Gasteiger partial charge >= 0.3 is 18.4 Å². The molecule has 1 heterocycles. The number of amides is 1. The van der Waals surface area contributed by atoms with E-state index in [9.17, 15) is 27.9 Å². The molecule has 1 aliphatic heterocycles. The zero-order valence-corrected chi connectivity index (χ0v) is 14.5. The molecule has 1 N–H and O–H groups in total. The molecule has 0 bridgehead atoms. The van der Waals surface area contributed by atoms with Crippen LogP contribution in [0.4, 0.5) is 18.0 Å². The van der Waals surface area contributed by atoms with E-state index in [-0.39, 0.29) is 13.1 Å². The number of hydrogen-bond acceptors (Lipinski definition) is 4. The molecule has 9 heteroatoms. The van der Waals surface area contributed by atoms with Crippen LogP contribution in [0.1, 0.15) is 32.3 Å². The van der Waals surface area contributed by atoms with Gasteiger partial charge in [0.05, 0.1) is 5.92 Å². The van der Waals surface area contributed by atoms with Crippen LogP contribution in [0.25, 0.3) is 0 Å². The van der Waals surface area contributed by atoms with Gasteiger partial charge in [-0.25, -0.2) is 4.79 Å². The van der Waals surface area contributed by atoms with Crippen molar-refractivity contribution in [3.8, 4) is 5.75 Å². The lowest BCUT2D eigenvalue weighted by Gasteiger charge is -2.24. The number of carbonyl (C=O) groups excluding carboxylic acids is 1. The normalized spacial score (nSPS) is 20.8. The molecule has 1 aliphatic rings. The van der Waals surface area contributed by atoms with Crippen LogP contribution in [-0.2, 0) is 9.53 Å². The monoisotopic (exact) mass is 375 g/mol. The van der Waals surface area contributed by atoms with Gasteiger partial charge in [0, 0.05) is 19.0 Å². The maximum atomic E-state index is 12.4. The van der Waals surface area contributed by atoms with Crippen LogP contribution in [0, 0.1) is 5.92 Å². The van der Waals surface area contributed by atoms with Crippen molar-refractivity contribution < 1.29 is 37.3 Å². The van der Waals surface area contributed by atoms with E-state index < -0.39 is 41.6 Å². The average molecular weight is 375 g/mol. The number of likely N-dealkylation sites (tertiary alicyclic amines) is 1. The van der Waals surface area contributed by atoms with Crippen molar-refractivity contribution in [2.45, 2.75) is 38.7 Å². The summed E-state index contributed by atoms with van der Waals surface area (Å²) in [5, 5.41) is 9.44. The summed E-state index contributed by atoms with van der Waals surface area (Å²) in [6.45, 7) is 5.00. The minimum absolute atomic E-state index is 0.0291. The lowest BCUT2D eigenvalue weighted by Crippen LogP contribution is -2.35. The van der Waals surface area contributed by atoms with Gasteiger partial charge in [-0.15, -0.1) is 13.2 Å². The van der Waals surface area contributed by atoms with Crippen molar-refractivity contribution in [2.24, 2.45) is 5.92 Å². The van der Waals surface area contributed by atoms with Gasteiger partial charge in [0.2, 0.25) is 0 Å². The Morgan fingerprint density at radius 3 is 2.38 bits per heavy atom. The molecule has 0 radical (unpaired) electrons. The number of nitrogens with zero attached hydrogens (tertiary/aromatic N) is 1. The highest BCUT2D eigenvalue weighted by molar-refractivity contribution is 5.76.